The molecular weight excluding hydrogens is 395 g/mol. The van der Waals surface area contributed by atoms with E-state index in [1.807, 2.05) is 0 Å². The first-order valence-corrected chi connectivity index (χ1v) is 8.43. The first kappa shape index (κ1) is 20.5. The van der Waals surface area contributed by atoms with Gasteiger partial charge in [-0.05, 0) is 43.3 Å². The van der Waals surface area contributed by atoms with Gasteiger partial charge in [-0.1, -0.05) is 23.2 Å². The van der Waals surface area contributed by atoms with E-state index in [0.717, 1.165) is 0 Å². The molecule has 3 N–H and O–H groups in total. The second-order valence-electron chi connectivity index (χ2n) is 5.45. The minimum absolute atomic E-state index is 0.0799. The average Bonchev–Trinajstić information content (AvgIpc) is 2.61. The molecule has 0 aromatic heterocycles. The second-order valence-corrected chi connectivity index (χ2v) is 6.27. The molecule has 142 valence electrons. The maximum absolute atomic E-state index is 12.2. The molecule has 0 aliphatic carbocycles. The van der Waals surface area contributed by atoms with Gasteiger partial charge in [0.25, 0.3) is 5.91 Å². The van der Waals surface area contributed by atoms with E-state index in [1.165, 1.54) is 50.4 Å². The number of esters is 1. The molecule has 0 spiro atoms. The third-order valence-corrected chi connectivity index (χ3v) is 4.09. The normalized spacial score (nSPS) is 11.4. The summed E-state index contributed by atoms with van der Waals surface area (Å²) in [5.74, 6) is -1.67. The summed E-state index contributed by atoms with van der Waals surface area (Å²) in [5.41, 5.74) is 5.96. The minimum Gasteiger partial charge on any atom is -0.494 e. The van der Waals surface area contributed by atoms with Crippen molar-refractivity contribution in [3.05, 3.63) is 57.6 Å². The fourth-order valence-electron chi connectivity index (χ4n) is 2.12. The van der Waals surface area contributed by atoms with E-state index in [0.29, 0.717) is 11.3 Å². The van der Waals surface area contributed by atoms with Crippen LogP contribution >= 0.6 is 23.2 Å². The zero-order valence-corrected chi connectivity index (χ0v) is 15.9. The number of primary amides is 1. The third kappa shape index (κ3) is 5.12. The molecule has 27 heavy (non-hydrogen) atoms. The number of carbonyl (C=O) groups excluding carboxylic acids is 3. The molecule has 0 aliphatic heterocycles. The van der Waals surface area contributed by atoms with E-state index in [-0.39, 0.29) is 21.4 Å². The summed E-state index contributed by atoms with van der Waals surface area (Å²) in [6.07, 6.45) is -1.09. The Morgan fingerprint density at radius 2 is 1.59 bits per heavy atom. The molecule has 0 saturated heterocycles. The largest absolute Gasteiger partial charge is 0.494 e. The van der Waals surface area contributed by atoms with Gasteiger partial charge in [-0.3, -0.25) is 9.59 Å². The first-order chi connectivity index (χ1) is 12.7. The van der Waals surface area contributed by atoms with Gasteiger partial charge >= 0.3 is 5.97 Å². The molecule has 2 amide bonds. The van der Waals surface area contributed by atoms with Crippen LogP contribution in [-0.4, -0.2) is 31.0 Å². The molecule has 0 bridgehead atoms. The number of hydrogen-bond acceptors (Lipinski definition) is 5. The van der Waals surface area contributed by atoms with Crippen LogP contribution in [-0.2, 0) is 9.53 Å². The van der Waals surface area contributed by atoms with Gasteiger partial charge in [0.2, 0.25) is 5.91 Å². The zero-order valence-electron chi connectivity index (χ0n) is 14.4. The van der Waals surface area contributed by atoms with E-state index in [9.17, 15) is 14.4 Å². The lowest BCUT2D eigenvalue weighted by Gasteiger charge is -2.14. The molecule has 2 aromatic carbocycles. The summed E-state index contributed by atoms with van der Waals surface area (Å²) in [7, 11) is 1.40. The van der Waals surface area contributed by atoms with Crippen molar-refractivity contribution < 1.29 is 23.9 Å². The Hall–Kier alpha value is -2.77. The van der Waals surface area contributed by atoms with Crippen LogP contribution in [0.4, 0.5) is 5.69 Å². The number of nitrogens with two attached hydrogens (primary N) is 1. The van der Waals surface area contributed by atoms with Crippen molar-refractivity contribution in [2.45, 2.75) is 13.0 Å². The third-order valence-electron chi connectivity index (χ3n) is 3.53. The molecule has 0 aliphatic rings. The second kappa shape index (κ2) is 8.75. The van der Waals surface area contributed by atoms with Gasteiger partial charge < -0.3 is 20.5 Å². The number of amides is 2. The molecule has 1 atom stereocenters. The molecule has 0 fully saturated rings. The SMILES string of the molecule is COc1c(Cl)cc(C(=O)O[C@H](C)C(=O)Nc2ccc(C(N)=O)cc2)cc1Cl. The molecule has 2 aromatic rings. The Morgan fingerprint density at radius 3 is 2.07 bits per heavy atom. The molecule has 0 heterocycles. The van der Waals surface area contributed by atoms with E-state index in [2.05, 4.69) is 5.32 Å². The summed E-state index contributed by atoms with van der Waals surface area (Å²) in [5, 5.41) is 2.85. The molecule has 0 saturated carbocycles. The maximum atomic E-state index is 12.2. The minimum atomic E-state index is -1.09. The van der Waals surface area contributed by atoms with Crippen molar-refractivity contribution in [1.29, 1.82) is 0 Å². The van der Waals surface area contributed by atoms with Gasteiger partial charge in [0.1, 0.15) is 0 Å². The number of ether oxygens (including phenoxy) is 2. The van der Waals surface area contributed by atoms with Crippen LogP contribution in [0.1, 0.15) is 27.6 Å². The summed E-state index contributed by atoms with van der Waals surface area (Å²) in [6, 6.07) is 8.63. The smallest absolute Gasteiger partial charge is 0.339 e. The van der Waals surface area contributed by atoms with Crippen LogP contribution in [0.2, 0.25) is 10.0 Å². The Labute approximate surface area is 165 Å². The van der Waals surface area contributed by atoms with Crippen LogP contribution in [0, 0.1) is 0 Å². The number of benzene rings is 2. The van der Waals surface area contributed by atoms with Crippen molar-refractivity contribution in [3.63, 3.8) is 0 Å². The van der Waals surface area contributed by atoms with Crippen molar-refractivity contribution in [2.24, 2.45) is 5.73 Å². The summed E-state index contributed by atoms with van der Waals surface area (Å²) >= 11 is 12.0. The van der Waals surface area contributed by atoms with Crippen LogP contribution in [0.3, 0.4) is 0 Å². The van der Waals surface area contributed by atoms with E-state index >= 15 is 0 Å². The highest BCUT2D eigenvalue weighted by molar-refractivity contribution is 6.37. The number of rotatable bonds is 6. The van der Waals surface area contributed by atoms with Crippen LogP contribution in [0.25, 0.3) is 0 Å². The Balaban J connectivity index is 2.03. The number of nitrogens with one attached hydrogen (secondary N) is 1. The first-order valence-electron chi connectivity index (χ1n) is 7.67. The predicted molar refractivity (Wildman–Crippen MR) is 101 cm³/mol. The van der Waals surface area contributed by atoms with Gasteiger partial charge in [0.05, 0.1) is 22.7 Å². The Morgan fingerprint density at radius 1 is 1.04 bits per heavy atom. The van der Waals surface area contributed by atoms with Gasteiger partial charge in [0, 0.05) is 11.3 Å². The predicted octanol–water partition coefficient (Wildman–Crippen LogP) is 3.28. The molecular formula is C18H16Cl2N2O5. The number of carbonyl (C=O) groups is 3. The van der Waals surface area contributed by atoms with Crippen LogP contribution in [0.5, 0.6) is 5.75 Å². The summed E-state index contributed by atoms with van der Waals surface area (Å²) in [6.45, 7) is 1.41. The number of halogens is 2. The van der Waals surface area contributed by atoms with Crippen molar-refractivity contribution in [1.82, 2.24) is 0 Å². The van der Waals surface area contributed by atoms with Gasteiger partial charge in [-0.15, -0.1) is 0 Å². The van der Waals surface area contributed by atoms with E-state index in [1.54, 1.807) is 0 Å². The quantitative estimate of drug-likeness (QED) is 0.710. The number of hydrogen-bond donors (Lipinski definition) is 2. The van der Waals surface area contributed by atoms with Gasteiger partial charge in [-0.25, -0.2) is 4.79 Å². The van der Waals surface area contributed by atoms with Crippen molar-refractivity contribution in [3.8, 4) is 5.75 Å². The molecule has 7 nitrogen and oxygen atoms in total. The Bertz CT molecular complexity index is 861. The van der Waals surface area contributed by atoms with Gasteiger partial charge in [0.15, 0.2) is 11.9 Å². The topological polar surface area (TPSA) is 108 Å². The highest BCUT2D eigenvalue weighted by Crippen LogP contribution is 2.34. The monoisotopic (exact) mass is 410 g/mol. The van der Waals surface area contributed by atoms with Crippen LogP contribution < -0.4 is 15.8 Å². The highest BCUT2D eigenvalue weighted by atomic mass is 35.5. The lowest BCUT2D eigenvalue weighted by molar-refractivity contribution is -0.123. The maximum Gasteiger partial charge on any atom is 0.339 e. The van der Waals surface area contributed by atoms with E-state index < -0.39 is 23.9 Å². The average molecular weight is 411 g/mol. The standard InChI is InChI=1S/C18H16Cl2N2O5/c1-9(17(24)22-12-5-3-10(4-6-12)16(21)23)27-18(25)11-7-13(19)15(26-2)14(20)8-11/h3-9H,1-2H3,(H2,21,23)(H,22,24)/t9-/m1/s1. The zero-order chi connectivity index (χ0) is 20.1. The lowest BCUT2D eigenvalue weighted by atomic mass is 10.2. The van der Waals surface area contributed by atoms with Crippen molar-refractivity contribution >= 4 is 46.7 Å². The molecule has 9 heteroatoms. The summed E-state index contributed by atoms with van der Waals surface area (Å²) in [4.78, 5) is 35.4. The number of anilines is 1. The van der Waals surface area contributed by atoms with Crippen LogP contribution in [0.15, 0.2) is 36.4 Å². The molecule has 0 radical (unpaired) electrons. The van der Waals surface area contributed by atoms with Gasteiger partial charge in [-0.2, -0.15) is 0 Å². The van der Waals surface area contributed by atoms with Crippen molar-refractivity contribution in [2.75, 3.05) is 12.4 Å². The molecule has 0 unspecified atom stereocenters. The molecule has 2 rings (SSSR count). The highest BCUT2D eigenvalue weighted by Gasteiger charge is 2.21. The number of methoxy groups -OCH3 is 1. The Kier molecular flexibility index (Phi) is 6.65. The van der Waals surface area contributed by atoms with E-state index in [4.69, 9.17) is 38.4 Å². The fraction of sp³-hybridized carbons (Fsp3) is 0.167. The fourth-order valence-corrected chi connectivity index (χ4v) is 2.76. The lowest BCUT2D eigenvalue weighted by Crippen LogP contribution is -2.30. The summed E-state index contributed by atoms with van der Waals surface area (Å²) < 4.78 is 10.1.